The number of halogens is 2. The Bertz CT molecular complexity index is 770. The summed E-state index contributed by atoms with van der Waals surface area (Å²) in [6.45, 7) is 0. The standard InChI is InChI=1S/C24H20P.Au.2ClH/c1-5-13-21(14-6-1)25(22-15-7-2-8-16-22,23-17-9-3-10-18-23)24-19-11-4-12-20-24;;;/h1-20H;;2*1H/q2*+1;;/p-2. The number of hydrogen-bond donors (Lipinski definition) is 0. The number of benzene rings is 4. The predicted octanol–water partition coefficient (Wildman–Crippen LogP) is -1.69. The van der Waals surface area contributed by atoms with E-state index in [2.05, 4.69) is 121 Å². The van der Waals surface area contributed by atoms with E-state index >= 15 is 0 Å². The molecular weight excluding hydrogens is 587 g/mol. The van der Waals surface area contributed by atoms with Crippen LogP contribution >= 0.6 is 7.26 Å². The van der Waals surface area contributed by atoms with Crippen LogP contribution in [0.3, 0.4) is 0 Å². The molecule has 0 amide bonds. The molecule has 0 spiro atoms. The van der Waals surface area contributed by atoms with Crippen LogP contribution in [0.15, 0.2) is 121 Å². The fraction of sp³-hybridized carbons (Fsp3) is 0. The van der Waals surface area contributed by atoms with Crippen molar-refractivity contribution in [3.8, 4) is 0 Å². The molecule has 0 heterocycles. The summed E-state index contributed by atoms with van der Waals surface area (Å²) in [6, 6.07) is 43.8. The van der Waals surface area contributed by atoms with Gasteiger partial charge in [-0.05, 0) is 48.5 Å². The first-order chi connectivity index (χ1) is 12.4. The molecular formula is C24H20AuCl2P. The average Bonchev–Trinajstić information content (AvgIpc) is 2.72. The molecule has 146 valence electrons. The zero-order valence-electron chi connectivity index (χ0n) is 15.1. The van der Waals surface area contributed by atoms with Crippen molar-refractivity contribution >= 4 is 28.5 Å². The molecule has 4 aromatic rings. The van der Waals surface area contributed by atoms with Crippen molar-refractivity contribution in [2.45, 2.75) is 0 Å². The molecule has 0 nitrogen and oxygen atoms in total. The van der Waals surface area contributed by atoms with Crippen molar-refractivity contribution in [1.29, 1.82) is 0 Å². The van der Waals surface area contributed by atoms with Gasteiger partial charge in [0, 0.05) is 0 Å². The van der Waals surface area contributed by atoms with Gasteiger partial charge in [-0.25, -0.2) is 0 Å². The first-order valence-electron chi connectivity index (χ1n) is 8.54. The topological polar surface area (TPSA) is 0 Å². The third kappa shape index (κ3) is 4.61. The Morgan fingerprint density at radius 2 is 0.500 bits per heavy atom. The molecule has 4 rings (SSSR count). The Hall–Kier alpha value is -1.37. The average molecular weight is 607 g/mol. The summed E-state index contributed by atoms with van der Waals surface area (Å²) in [7, 11) is -1.91. The maximum atomic E-state index is 2.28. The molecule has 0 aliphatic carbocycles. The third-order valence-electron chi connectivity index (χ3n) is 4.57. The first kappa shape index (κ1) is 24.7. The second-order valence-corrected chi connectivity index (χ2v) is 9.42. The van der Waals surface area contributed by atoms with Crippen molar-refractivity contribution in [3.63, 3.8) is 0 Å². The van der Waals surface area contributed by atoms with Crippen molar-refractivity contribution in [1.82, 2.24) is 0 Å². The van der Waals surface area contributed by atoms with Gasteiger partial charge in [0.1, 0.15) is 28.5 Å². The smallest absolute Gasteiger partial charge is 1.00 e. The maximum Gasteiger partial charge on any atom is 1.00 e. The summed E-state index contributed by atoms with van der Waals surface area (Å²) >= 11 is 0. The molecule has 0 atom stereocenters. The van der Waals surface area contributed by atoms with Crippen molar-refractivity contribution in [3.05, 3.63) is 121 Å². The fourth-order valence-electron chi connectivity index (χ4n) is 3.50. The minimum atomic E-state index is -1.91. The summed E-state index contributed by atoms with van der Waals surface area (Å²) in [5.41, 5.74) is 0. The number of rotatable bonds is 4. The Morgan fingerprint density at radius 1 is 0.321 bits per heavy atom. The van der Waals surface area contributed by atoms with Crippen LogP contribution in [0.2, 0.25) is 0 Å². The van der Waals surface area contributed by atoms with Gasteiger partial charge in [0.05, 0.1) is 0 Å². The van der Waals surface area contributed by atoms with Gasteiger partial charge in [-0.15, -0.1) is 0 Å². The minimum Gasteiger partial charge on any atom is -1.00 e. The Labute approximate surface area is 196 Å². The molecule has 0 aliphatic heterocycles. The predicted molar refractivity (Wildman–Crippen MR) is 111 cm³/mol. The van der Waals surface area contributed by atoms with E-state index in [4.69, 9.17) is 0 Å². The van der Waals surface area contributed by atoms with E-state index in [9.17, 15) is 0 Å². The maximum absolute atomic E-state index is 2.28. The van der Waals surface area contributed by atoms with Crippen LogP contribution in [0.25, 0.3) is 0 Å². The Morgan fingerprint density at radius 3 is 0.679 bits per heavy atom. The van der Waals surface area contributed by atoms with Gasteiger partial charge in [0.15, 0.2) is 0 Å². The molecule has 4 aromatic carbocycles. The van der Waals surface area contributed by atoms with Gasteiger partial charge in [-0.1, -0.05) is 72.8 Å². The van der Waals surface area contributed by atoms with Crippen molar-refractivity contribution < 1.29 is 47.2 Å². The third-order valence-corrected chi connectivity index (χ3v) is 8.86. The van der Waals surface area contributed by atoms with Gasteiger partial charge < -0.3 is 24.8 Å². The van der Waals surface area contributed by atoms with E-state index in [0.717, 1.165) is 0 Å². The van der Waals surface area contributed by atoms with E-state index in [1.165, 1.54) is 21.2 Å². The Kier molecular flexibility index (Phi) is 10.2. The first-order valence-corrected chi connectivity index (χ1v) is 10.3. The molecule has 28 heavy (non-hydrogen) atoms. The summed E-state index contributed by atoms with van der Waals surface area (Å²) in [6.07, 6.45) is 0. The van der Waals surface area contributed by atoms with Crippen LogP contribution in [0.5, 0.6) is 0 Å². The molecule has 0 aliphatic rings. The van der Waals surface area contributed by atoms with Gasteiger partial charge in [0.25, 0.3) is 0 Å². The van der Waals surface area contributed by atoms with E-state index in [0.29, 0.717) is 0 Å². The molecule has 0 aromatic heterocycles. The van der Waals surface area contributed by atoms with E-state index in [-0.39, 0.29) is 47.2 Å². The quantitative estimate of drug-likeness (QED) is 0.192. The van der Waals surface area contributed by atoms with Crippen molar-refractivity contribution in [2.75, 3.05) is 0 Å². The summed E-state index contributed by atoms with van der Waals surface area (Å²) in [4.78, 5) is 0. The molecule has 0 saturated carbocycles. The molecule has 0 unspecified atom stereocenters. The van der Waals surface area contributed by atoms with Gasteiger partial charge in [-0.3, -0.25) is 0 Å². The monoisotopic (exact) mass is 606 g/mol. The summed E-state index contributed by atoms with van der Waals surface area (Å²) < 4.78 is 0. The van der Waals surface area contributed by atoms with Crippen LogP contribution < -0.4 is 46.0 Å². The molecule has 0 radical (unpaired) electrons. The second kappa shape index (κ2) is 11.6. The number of hydrogen-bond acceptors (Lipinski definition) is 0. The van der Waals surface area contributed by atoms with E-state index < -0.39 is 7.26 Å². The van der Waals surface area contributed by atoms with Crippen LogP contribution in [0.4, 0.5) is 0 Å². The van der Waals surface area contributed by atoms with Crippen LogP contribution in [0, 0.1) is 0 Å². The summed E-state index contributed by atoms with van der Waals surface area (Å²) in [5.74, 6) is 0. The van der Waals surface area contributed by atoms with Gasteiger partial charge in [0.2, 0.25) is 0 Å². The SMILES string of the molecule is [Au+].[Cl-].[Cl-].c1ccc([P+](c2ccccc2)(c2ccccc2)c2ccccc2)cc1. The Balaban J connectivity index is 0.00000131. The largest absolute Gasteiger partial charge is 1.00 e. The molecule has 0 fully saturated rings. The second-order valence-electron chi connectivity index (χ2n) is 6.01. The molecule has 4 heteroatoms. The van der Waals surface area contributed by atoms with Crippen molar-refractivity contribution in [2.24, 2.45) is 0 Å². The van der Waals surface area contributed by atoms with E-state index in [1.54, 1.807) is 0 Å². The van der Waals surface area contributed by atoms with Crippen LogP contribution in [-0.2, 0) is 22.4 Å². The normalized spacial score (nSPS) is 10.0. The zero-order valence-corrected chi connectivity index (χ0v) is 19.6. The van der Waals surface area contributed by atoms with Crippen LogP contribution in [0.1, 0.15) is 0 Å². The summed E-state index contributed by atoms with van der Waals surface area (Å²) in [5, 5.41) is 5.55. The zero-order chi connectivity index (χ0) is 17.0. The fourth-order valence-corrected chi connectivity index (χ4v) is 7.77. The molecule has 0 bridgehead atoms. The molecule has 0 N–H and O–H groups in total. The van der Waals surface area contributed by atoms with Crippen LogP contribution in [-0.4, -0.2) is 0 Å². The molecule has 0 saturated heterocycles. The minimum absolute atomic E-state index is 0. The van der Waals surface area contributed by atoms with Gasteiger partial charge >= 0.3 is 22.4 Å². The van der Waals surface area contributed by atoms with E-state index in [1.807, 2.05) is 0 Å². The van der Waals surface area contributed by atoms with Gasteiger partial charge in [-0.2, -0.15) is 0 Å².